The van der Waals surface area contributed by atoms with E-state index in [0.717, 1.165) is 55.9 Å². The van der Waals surface area contributed by atoms with Gasteiger partial charge in [0.15, 0.2) is 5.65 Å². The lowest BCUT2D eigenvalue weighted by molar-refractivity contribution is 0.377. The molecule has 7 nitrogen and oxygen atoms in total. The van der Waals surface area contributed by atoms with E-state index in [0.29, 0.717) is 17.4 Å². The summed E-state index contributed by atoms with van der Waals surface area (Å²) in [6, 6.07) is 6.79. The molecule has 0 amide bonds. The Labute approximate surface area is 189 Å². The highest BCUT2D eigenvalue weighted by molar-refractivity contribution is 5.89. The highest BCUT2D eigenvalue weighted by Gasteiger charge is 2.45. The number of anilines is 2. The van der Waals surface area contributed by atoms with Gasteiger partial charge in [-0.15, -0.1) is 0 Å². The van der Waals surface area contributed by atoms with Crippen LogP contribution >= 0.6 is 0 Å². The van der Waals surface area contributed by atoms with E-state index in [4.69, 9.17) is 4.98 Å². The van der Waals surface area contributed by atoms with Crippen molar-refractivity contribution in [3.05, 3.63) is 42.0 Å². The average molecular weight is 432 g/mol. The molecule has 168 valence electrons. The summed E-state index contributed by atoms with van der Waals surface area (Å²) in [4.78, 5) is 14.7. The molecule has 2 atom stereocenters. The lowest BCUT2D eigenvalue weighted by Crippen LogP contribution is -2.52. The minimum absolute atomic E-state index is 0.392. The number of nitrogens with zero attached hydrogens (tertiary/aromatic N) is 6. The molecular formula is C25H33N7. The van der Waals surface area contributed by atoms with Crippen LogP contribution in [-0.2, 0) is 7.05 Å². The number of aryl methyl sites for hydroxylation is 2. The van der Waals surface area contributed by atoms with Crippen LogP contribution in [0.25, 0.3) is 11.0 Å². The molecule has 0 unspecified atom stereocenters. The van der Waals surface area contributed by atoms with E-state index < -0.39 is 0 Å². The molecule has 1 spiro atoms. The SMILES string of the molecule is Cc1cc(N2CC[C@H](c3ccc(N4CCNC5(CC5)C4)cn3)[C@@H](C)C2)c2cnn(C)c2n1. The second-order valence-electron chi connectivity index (χ2n) is 10.2. The summed E-state index contributed by atoms with van der Waals surface area (Å²) in [7, 11) is 1.97. The molecule has 32 heavy (non-hydrogen) atoms. The second-order valence-corrected chi connectivity index (χ2v) is 10.2. The molecule has 2 saturated heterocycles. The van der Waals surface area contributed by atoms with Crippen LogP contribution in [0.2, 0.25) is 0 Å². The normalized spacial score (nSPS) is 25.0. The molecule has 0 bridgehead atoms. The molecule has 2 aliphatic heterocycles. The highest BCUT2D eigenvalue weighted by Crippen LogP contribution is 2.39. The summed E-state index contributed by atoms with van der Waals surface area (Å²) in [5, 5.41) is 9.29. The molecule has 5 heterocycles. The van der Waals surface area contributed by atoms with Crippen molar-refractivity contribution in [2.24, 2.45) is 13.0 Å². The highest BCUT2D eigenvalue weighted by atomic mass is 15.3. The summed E-state index contributed by atoms with van der Waals surface area (Å²) in [6.45, 7) is 9.78. The van der Waals surface area contributed by atoms with Crippen molar-refractivity contribution in [1.82, 2.24) is 25.1 Å². The van der Waals surface area contributed by atoms with E-state index in [-0.39, 0.29) is 0 Å². The van der Waals surface area contributed by atoms with Gasteiger partial charge >= 0.3 is 0 Å². The van der Waals surface area contributed by atoms with E-state index in [1.54, 1.807) is 0 Å². The van der Waals surface area contributed by atoms with Crippen LogP contribution in [-0.4, -0.2) is 58.0 Å². The molecule has 0 radical (unpaired) electrons. The number of aromatic nitrogens is 4. The van der Waals surface area contributed by atoms with Gasteiger partial charge in [-0.3, -0.25) is 9.67 Å². The third-order valence-electron chi connectivity index (χ3n) is 7.80. The Hall–Kier alpha value is -2.67. The molecule has 1 N–H and O–H groups in total. The lowest BCUT2D eigenvalue weighted by atomic mass is 9.84. The van der Waals surface area contributed by atoms with Gasteiger partial charge in [-0.1, -0.05) is 6.92 Å². The van der Waals surface area contributed by atoms with Crippen LogP contribution in [0.5, 0.6) is 0 Å². The van der Waals surface area contributed by atoms with E-state index in [9.17, 15) is 0 Å². The van der Waals surface area contributed by atoms with Crippen molar-refractivity contribution in [2.75, 3.05) is 42.5 Å². The van der Waals surface area contributed by atoms with Crippen molar-refractivity contribution < 1.29 is 0 Å². The number of rotatable bonds is 3. The average Bonchev–Trinajstić information content (AvgIpc) is 3.44. The summed E-state index contributed by atoms with van der Waals surface area (Å²) < 4.78 is 1.87. The molecule has 7 heteroatoms. The Bertz CT molecular complexity index is 1130. The van der Waals surface area contributed by atoms with Crippen LogP contribution in [0, 0.1) is 12.8 Å². The predicted octanol–water partition coefficient (Wildman–Crippen LogP) is 3.24. The van der Waals surface area contributed by atoms with Gasteiger partial charge in [0.25, 0.3) is 0 Å². The number of fused-ring (bicyclic) bond motifs is 1. The Morgan fingerprint density at radius 3 is 2.75 bits per heavy atom. The molecule has 3 aromatic heterocycles. The minimum Gasteiger partial charge on any atom is -0.371 e. The zero-order valence-electron chi connectivity index (χ0n) is 19.4. The van der Waals surface area contributed by atoms with E-state index >= 15 is 0 Å². The second kappa shape index (κ2) is 7.44. The van der Waals surface area contributed by atoms with Gasteiger partial charge in [0.2, 0.25) is 0 Å². The van der Waals surface area contributed by atoms with Crippen molar-refractivity contribution >= 4 is 22.4 Å². The van der Waals surface area contributed by atoms with Gasteiger partial charge in [-0.05, 0) is 50.3 Å². The summed E-state index contributed by atoms with van der Waals surface area (Å²) >= 11 is 0. The zero-order chi connectivity index (χ0) is 21.9. The van der Waals surface area contributed by atoms with Gasteiger partial charge < -0.3 is 15.1 Å². The molecule has 0 aromatic carbocycles. The maximum atomic E-state index is 4.96. The van der Waals surface area contributed by atoms with Crippen molar-refractivity contribution in [3.8, 4) is 0 Å². The van der Waals surface area contributed by atoms with Gasteiger partial charge in [-0.2, -0.15) is 5.10 Å². The molecule has 3 fully saturated rings. The number of piperidine rings is 1. The Kier molecular flexibility index (Phi) is 4.64. The van der Waals surface area contributed by atoms with Crippen molar-refractivity contribution in [3.63, 3.8) is 0 Å². The molecule has 6 rings (SSSR count). The third kappa shape index (κ3) is 3.43. The number of piperazine rings is 1. The first kappa shape index (κ1) is 20.0. The number of pyridine rings is 2. The maximum absolute atomic E-state index is 4.96. The number of nitrogens with one attached hydrogen (secondary N) is 1. The van der Waals surface area contributed by atoms with Crippen LogP contribution in [0.15, 0.2) is 30.6 Å². The first-order valence-corrected chi connectivity index (χ1v) is 12.0. The standard InChI is InChI=1S/C25H33N7/c1-17-15-31(23-12-18(2)29-24-21(23)14-28-30(24)3)10-6-20(17)22-5-4-19(13-26-22)32-11-9-27-25(16-32)7-8-25/h4-5,12-14,17,20,27H,6-11,15-16H2,1-3H3/t17-,20-/m0/s1. The first-order valence-electron chi connectivity index (χ1n) is 12.0. The number of hydrogen-bond acceptors (Lipinski definition) is 6. The molecule has 3 aliphatic rings. The Morgan fingerprint density at radius 1 is 1.12 bits per heavy atom. The van der Waals surface area contributed by atoms with Crippen LogP contribution in [0.4, 0.5) is 11.4 Å². The third-order valence-corrected chi connectivity index (χ3v) is 7.80. The monoisotopic (exact) mass is 431 g/mol. The van der Waals surface area contributed by atoms with E-state index in [2.05, 4.69) is 63.4 Å². The smallest absolute Gasteiger partial charge is 0.159 e. The van der Waals surface area contributed by atoms with Crippen LogP contribution in [0.1, 0.15) is 43.5 Å². The fraction of sp³-hybridized carbons (Fsp3) is 0.560. The lowest BCUT2D eigenvalue weighted by Gasteiger charge is -2.39. The molecule has 1 saturated carbocycles. The fourth-order valence-corrected chi connectivity index (χ4v) is 5.75. The van der Waals surface area contributed by atoms with Crippen LogP contribution in [0.3, 0.4) is 0 Å². The van der Waals surface area contributed by atoms with Gasteiger partial charge in [0.05, 0.1) is 29.2 Å². The van der Waals surface area contributed by atoms with Gasteiger partial charge in [-0.25, -0.2) is 4.98 Å². The summed E-state index contributed by atoms with van der Waals surface area (Å²) in [5.74, 6) is 1.04. The van der Waals surface area contributed by atoms with E-state index in [1.165, 1.54) is 29.9 Å². The summed E-state index contributed by atoms with van der Waals surface area (Å²) in [6.07, 6.45) is 7.81. The Balaban J connectivity index is 1.18. The molecule has 1 aliphatic carbocycles. The fourth-order valence-electron chi connectivity index (χ4n) is 5.75. The largest absolute Gasteiger partial charge is 0.371 e. The molecule has 3 aromatic rings. The topological polar surface area (TPSA) is 62.1 Å². The maximum Gasteiger partial charge on any atom is 0.159 e. The predicted molar refractivity (Wildman–Crippen MR) is 128 cm³/mol. The van der Waals surface area contributed by atoms with Gasteiger partial charge in [0, 0.05) is 62.6 Å². The Morgan fingerprint density at radius 2 is 2.00 bits per heavy atom. The van der Waals surface area contributed by atoms with Crippen molar-refractivity contribution in [1.29, 1.82) is 0 Å². The molecular weight excluding hydrogens is 398 g/mol. The van der Waals surface area contributed by atoms with Crippen LogP contribution < -0.4 is 15.1 Å². The quantitative estimate of drug-likeness (QED) is 0.687. The summed E-state index contributed by atoms with van der Waals surface area (Å²) in [5.41, 5.74) is 6.19. The number of hydrogen-bond donors (Lipinski definition) is 1. The van der Waals surface area contributed by atoms with E-state index in [1.807, 2.05) is 17.9 Å². The van der Waals surface area contributed by atoms with Crippen molar-refractivity contribution in [2.45, 2.75) is 44.6 Å². The minimum atomic E-state index is 0.392. The van der Waals surface area contributed by atoms with Gasteiger partial charge in [0.1, 0.15) is 0 Å². The first-order chi connectivity index (χ1) is 15.5. The zero-order valence-corrected chi connectivity index (χ0v) is 19.4.